The summed E-state index contributed by atoms with van der Waals surface area (Å²) in [5, 5.41) is -0.361. The van der Waals surface area contributed by atoms with Gasteiger partial charge in [0.25, 0.3) is 11.1 Å². The second-order valence-electron chi connectivity index (χ2n) is 7.35. The highest BCUT2D eigenvalue weighted by atomic mass is 32.2. The second-order valence-corrected chi connectivity index (χ2v) is 8.35. The first kappa shape index (κ1) is 21.2. The van der Waals surface area contributed by atoms with E-state index in [0.29, 0.717) is 27.5 Å². The first-order valence-corrected chi connectivity index (χ1v) is 10.8. The molecule has 2 aromatic carbocycles. The van der Waals surface area contributed by atoms with Crippen molar-refractivity contribution in [1.29, 1.82) is 0 Å². The zero-order valence-corrected chi connectivity index (χ0v) is 18.2. The van der Waals surface area contributed by atoms with Crippen molar-refractivity contribution in [2.75, 3.05) is 32.2 Å². The summed E-state index contributed by atoms with van der Waals surface area (Å²) >= 11 is 0.879. The molecule has 6 nitrogen and oxygen atoms in total. The summed E-state index contributed by atoms with van der Waals surface area (Å²) in [6.45, 7) is 2.01. The summed E-state index contributed by atoms with van der Waals surface area (Å²) in [6.07, 6.45) is 3.92. The van der Waals surface area contributed by atoms with Gasteiger partial charge in [0.05, 0.1) is 31.4 Å². The fourth-order valence-corrected chi connectivity index (χ4v) is 4.60. The zero-order chi connectivity index (χ0) is 22.0. The molecule has 0 aromatic heterocycles. The molecular weight excluding hydrogens is 419 g/mol. The minimum absolute atomic E-state index is 0.0939. The van der Waals surface area contributed by atoms with Gasteiger partial charge in [0.15, 0.2) is 0 Å². The van der Waals surface area contributed by atoms with E-state index in [9.17, 15) is 14.0 Å². The normalized spacial score (nSPS) is 17.7. The maximum absolute atomic E-state index is 13.1. The van der Waals surface area contributed by atoms with Crippen LogP contribution in [0.3, 0.4) is 0 Å². The third kappa shape index (κ3) is 4.39. The van der Waals surface area contributed by atoms with Gasteiger partial charge in [-0.1, -0.05) is 12.1 Å². The summed E-state index contributed by atoms with van der Waals surface area (Å²) in [7, 11) is 3.19. The number of methoxy groups -OCH3 is 2. The van der Waals surface area contributed by atoms with E-state index in [4.69, 9.17) is 9.47 Å². The number of thioether (sulfide) groups is 1. The molecule has 2 aromatic rings. The number of benzene rings is 2. The van der Waals surface area contributed by atoms with E-state index >= 15 is 0 Å². The number of nitrogens with zero attached hydrogens (tertiary/aromatic N) is 2. The Balaban J connectivity index is 1.62. The van der Waals surface area contributed by atoms with E-state index in [1.165, 1.54) is 12.1 Å². The zero-order valence-electron chi connectivity index (χ0n) is 17.4. The number of hydrogen-bond acceptors (Lipinski definition) is 6. The summed E-state index contributed by atoms with van der Waals surface area (Å²) < 4.78 is 24.3. The standard InChI is InChI=1S/C23H23FN2O4S/c1-29-19-13-18(25-9-3-4-10-25)20(30-2)11-16(19)12-21-22(27)26(23(28)31-21)14-15-5-7-17(24)8-6-15/h5-8,11-13H,3-4,9-10,14H2,1-2H3. The number of carbonyl (C=O) groups excluding carboxylic acids is 2. The van der Waals surface area contributed by atoms with E-state index in [2.05, 4.69) is 4.90 Å². The Labute approximate surface area is 184 Å². The maximum atomic E-state index is 13.1. The van der Waals surface area contributed by atoms with Gasteiger partial charge in [0.1, 0.15) is 17.3 Å². The van der Waals surface area contributed by atoms with Crippen LogP contribution in [0.2, 0.25) is 0 Å². The Kier molecular flexibility index (Phi) is 6.18. The van der Waals surface area contributed by atoms with Gasteiger partial charge in [-0.25, -0.2) is 4.39 Å². The molecule has 0 aliphatic carbocycles. The average Bonchev–Trinajstić information content (AvgIpc) is 3.39. The Morgan fingerprint density at radius 2 is 1.71 bits per heavy atom. The summed E-state index contributed by atoms with van der Waals surface area (Å²) in [5.41, 5.74) is 2.30. The van der Waals surface area contributed by atoms with Crippen LogP contribution in [0, 0.1) is 5.82 Å². The molecule has 2 heterocycles. The molecule has 0 N–H and O–H groups in total. The summed E-state index contributed by atoms with van der Waals surface area (Å²) in [6, 6.07) is 9.49. The highest BCUT2D eigenvalue weighted by Gasteiger charge is 2.35. The Morgan fingerprint density at radius 3 is 2.35 bits per heavy atom. The van der Waals surface area contributed by atoms with Gasteiger partial charge in [-0.15, -0.1) is 0 Å². The number of carbonyl (C=O) groups is 2. The number of halogens is 1. The molecule has 0 bridgehead atoms. The average molecular weight is 443 g/mol. The number of hydrogen-bond donors (Lipinski definition) is 0. The van der Waals surface area contributed by atoms with Crippen LogP contribution >= 0.6 is 11.8 Å². The molecule has 0 unspecified atom stereocenters. The maximum Gasteiger partial charge on any atom is 0.293 e. The minimum Gasteiger partial charge on any atom is -0.496 e. The van der Waals surface area contributed by atoms with Gasteiger partial charge < -0.3 is 14.4 Å². The van der Waals surface area contributed by atoms with Crippen molar-refractivity contribution in [2.24, 2.45) is 0 Å². The number of amides is 2. The van der Waals surface area contributed by atoms with Crippen molar-refractivity contribution in [1.82, 2.24) is 4.90 Å². The molecule has 2 fully saturated rings. The van der Waals surface area contributed by atoms with Crippen molar-refractivity contribution in [3.05, 3.63) is 58.2 Å². The molecule has 2 aliphatic rings. The molecule has 162 valence electrons. The molecule has 2 amide bonds. The molecule has 0 saturated carbocycles. The lowest BCUT2D eigenvalue weighted by molar-refractivity contribution is -0.123. The number of rotatable bonds is 6. The van der Waals surface area contributed by atoms with Crippen LogP contribution in [-0.2, 0) is 11.3 Å². The molecule has 0 radical (unpaired) electrons. The van der Waals surface area contributed by atoms with Crippen LogP contribution in [0.15, 0.2) is 41.3 Å². The number of anilines is 1. The number of imide groups is 1. The highest BCUT2D eigenvalue weighted by molar-refractivity contribution is 8.18. The largest absolute Gasteiger partial charge is 0.496 e. The quantitative estimate of drug-likeness (QED) is 0.606. The Bertz CT molecular complexity index is 1030. The molecule has 2 saturated heterocycles. The molecule has 31 heavy (non-hydrogen) atoms. The van der Waals surface area contributed by atoms with Crippen LogP contribution in [0.1, 0.15) is 24.0 Å². The van der Waals surface area contributed by atoms with Gasteiger partial charge >= 0.3 is 0 Å². The molecule has 2 aliphatic heterocycles. The molecule has 8 heteroatoms. The lowest BCUT2D eigenvalue weighted by Gasteiger charge is -2.22. The van der Waals surface area contributed by atoms with E-state index in [1.54, 1.807) is 32.4 Å². The molecular formula is C23H23FN2O4S. The van der Waals surface area contributed by atoms with Gasteiger partial charge in [-0.05, 0) is 54.4 Å². The van der Waals surface area contributed by atoms with Crippen LogP contribution in [0.4, 0.5) is 14.9 Å². The SMILES string of the molecule is COc1cc(N2CCCC2)c(OC)cc1C=C1SC(=O)N(Cc2ccc(F)cc2)C1=O. The van der Waals surface area contributed by atoms with E-state index in [-0.39, 0.29) is 23.5 Å². The van der Waals surface area contributed by atoms with Gasteiger partial charge in [-0.2, -0.15) is 0 Å². The highest BCUT2D eigenvalue weighted by Crippen LogP contribution is 2.40. The fourth-order valence-electron chi connectivity index (χ4n) is 3.77. The smallest absolute Gasteiger partial charge is 0.293 e. The summed E-state index contributed by atoms with van der Waals surface area (Å²) in [5.74, 6) is 0.549. The first-order valence-electron chi connectivity index (χ1n) is 10.0. The van der Waals surface area contributed by atoms with Gasteiger partial charge in [0, 0.05) is 24.7 Å². The topological polar surface area (TPSA) is 59.1 Å². The van der Waals surface area contributed by atoms with Crippen molar-refractivity contribution in [3.63, 3.8) is 0 Å². The van der Waals surface area contributed by atoms with E-state index in [1.807, 2.05) is 12.1 Å². The monoisotopic (exact) mass is 442 g/mol. The molecule has 0 atom stereocenters. The molecule has 4 rings (SSSR count). The summed E-state index contributed by atoms with van der Waals surface area (Å²) in [4.78, 5) is 29.1. The first-order chi connectivity index (χ1) is 15.0. The van der Waals surface area contributed by atoms with E-state index < -0.39 is 0 Å². The van der Waals surface area contributed by atoms with Crippen LogP contribution in [0.25, 0.3) is 6.08 Å². The predicted octanol–water partition coefficient (Wildman–Crippen LogP) is 4.68. The predicted molar refractivity (Wildman–Crippen MR) is 119 cm³/mol. The van der Waals surface area contributed by atoms with Crippen molar-refractivity contribution < 1.29 is 23.5 Å². The number of ether oxygens (including phenoxy) is 2. The van der Waals surface area contributed by atoms with Crippen molar-refractivity contribution in [3.8, 4) is 11.5 Å². The van der Waals surface area contributed by atoms with Crippen molar-refractivity contribution >= 4 is 34.7 Å². The van der Waals surface area contributed by atoms with Crippen LogP contribution in [-0.4, -0.2) is 43.4 Å². The lowest BCUT2D eigenvalue weighted by atomic mass is 10.1. The van der Waals surface area contributed by atoms with Gasteiger partial charge in [0.2, 0.25) is 0 Å². The second kappa shape index (κ2) is 9.01. The lowest BCUT2D eigenvalue weighted by Crippen LogP contribution is -2.27. The third-order valence-corrected chi connectivity index (χ3v) is 6.30. The Morgan fingerprint density at radius 1 is 1.03 bits per heavy atom. The van der Waals surface area contributed by atoms with Crippen LogP contribution < -0.4 is 14.4 Å². The Hall–Kier alpha value is -3.00. The van der Waals surface area contributed by atoms with Crippen molar-refractivity contribution in [2.45, 2.75) is 19.4 Å². The minimum atomic E-state index is -0.385. The molecule has 0 spiro atoms. The van der Waals surface area contributed by atoms with Crippen LogP contribution in [0.5, 0.6) is 11.5 Å². The third-order valence-electron chi connectivity index (χ3n) is 5.39. The van der Waals surface area contributed by atoms with Gasteiger partial charge in [-0.3, -0.25) is 14.5 Å². The fraction of sp³-hybridized carbons (Fsp3) is 0.304. The van der Waals surface area contributed by atoms with E-state index in [0.717, 1.165) is 48.3 Å².